The average molecular weight is 181 g/mol. The molecule has 0 bridgehead atoms. The first-order valence-corrected chi connectivity index (χ1v) is 4.85. The largest absolute Gasteiger partial charge is 0.312 e. The molecule has 0 spiro atoms. The van der Waals surface area contributed by atoms with Crippen LogP contribution in [0.15, 0.2) is 6.07 Å². The summed E-state index contributed by atoms with van der Waals surface area (Å²) >= 11 is 0. The zero-order valence-electron chi connectivity index (χ0n) is 8.89. The van der Waals surface area contributed by atoms with E-state index in [-0.39, 0.29) is 0 Å². The summed E-state index contributed by atoms with van der Waals surface area (Å²) < 4.78 is 0. The maximum atomic E-state index is 4.25. The van der Waals surface area contributed by atoms with Gasteiger partial charge in [-0.2, -0.15) is 5.10 Å². The van der Waals surface area contributed by atoms with Crippen LogP contribution in [0.3, 0.4) is 0 Å². The van der Waals surface area contributed by atoms with Crippen LogP contribution in [0.5, 0.6) is 0 Å². The lowest BCUT2D eigenvalue weighted by atomic mass is 10.1. The second kappa shape index (κ2) is 4.42. The Kier molecular flexibility index (Phi) is 3.48. The van der Waals surface area contributed by atoms with E-state index in [0.29, 0.717) is 12.0 Å². The van der Waals surface area contributed by atoms with Crippen molar-refractivity contribution in [1.29, 1.82) is 0 Å². The molecule has 0 aliphatic rings. The highest BCUT2D eigenvalue weighted by molar-refractivity contribution is 5.12. The van der Waals surface area contributed by atoms with Crippen molar-refractivity contribution in [2.24, 2.45) is 5.92 Å². The summed E-state index contributed by atoms with van der Waals surface area (Å²) in [5.74, 6) is 0.679. The zero-order valence-corrected chi connectivity index (χ0v) is 8.89. The Morgan fingerprint density at radius 1 is 1.46 bits per heavy atom. The van der Waals surface area contributed by atoms with Crippen LogP contribution in [0.25, 0.3) is 0 Å². The molecule has 1 rings (SSSR count). The Morgan fingerprint density at radius 3 is 2.69 bits per heavy atom. The molecule has 3 nitrogen and oxygen atoms in total. The van der Waals surface area contributed by atoms with Crippen molar-refractivity contribution in [2.75, 3.05) is 7.05 Å². The van der Waals surface area contributed by atoms with Gasteiger partial charge in [-0.15, -0.1) is 0 Å². The molecule has 74 valence electrons. The first-order chi connectivity index (χ1) is 6.13. The molecular weight excluding hydrogens is 162 g/mol. The monoisotopic (exact) mass is 181 g/mol. The number of hydrogen-bond acceptors (Lipinski definition) is 2. The summed E-state index contributed by atoms with van der Waals surface area (Å²) in [6.07, 6.45) is 1.07. The first kappa shape index (κ1) is 10.3. The summed E-state index contributed by atoms with van der Waals surface area (Å²) in [5, 5.41) is 10.5. The van der Waals surface area contributed by atoms with E-state index < -0.39 is 0 Å². The standard InChI is InChI=1S/C10H19N3/c1-7(2)5-9-6-10(13-12-9)8(3)11-4/h6-8,11H,5H2,1-4H3,(H,12,13). The van der Waals surface area contributed by atoms with E-state index in [4.69, 9.17) is 0 Å². The topological polar surface area (TPSA) is 40.7 Å². The van der Waals surface area contributed by atoms with Crippen molar-refractivity contribution in [3.63, 3.8) is 0 Å². The molecule has 13 heavy (non-hydrogen) atoms. The van der Waals surface area contributed by atoms with Crippen LogP contribution >= 0.6 is 0 Å². The van der Waals surface area contributed by atoms with Crippen LogP contribution in [0.2, 0.25) is 0 Å². The molecule has 0 fully saturated rings. The number of nitrogens with zero attached hydrogens (tertiary/aromatic N) is 1. The van der Waals surface area contributed by atoms with Gasteiger partial charge in [-0.05, 0) is 32.4 Å². The Labute approximate surface area is 79.9 Å². The number of aromatic amines is 1. The van der Waals surface area contributed by atoms with Crippen molar-refractivity contribution in [1.82, 2.24) is 15.5 Å². The van der Waals surface area contributed by atoms with Crippen LogP contribution in [0.4, 0.5) is 0 Å². The average Bonchev–Trinajstić information content (AvgIpc) is 2.50. The van der Waals surface area contributed by atoms with Crippen LogP contribution in [-0.2, 0) is 6.42 Å². The van der Waals surface area contributed by atoms with Crippen LogP contribution in [0.1, 0.15) is 38.2 Å². The van der Waals surface area contributed by atoms with Crippen LogP contribution in [0, 0.1) is 5.92 Å². The van der Waals surface area contributed by atoms with Gasteiger partial charge >= 0.3 is 0 Å². The van der Waals surface area contributed by atoms with Crippen LogP contribution in [-0.4, -0.2) is 17.2 Å². The summed E-state index contributed by atoms with van der Waals surface area (Å²) in [7, 11) is 1.95. The lowest BCUT2D eigenvalue weighted by Gasteiger charge is -2.04. The van der Waals surface area contributed by atoms with E-state index in [1.165, 1.54) is 5.69 Å². The van der Waals surface area contributed by atoms with Gasteiger partial charge in [0.2, 0.25) is 0 Å². The molecule has 1 heterocycles. The molecule has 1 aromatic rings. The summed E-state index contributed by atoms with van der Waals surface area (Å²) in [4.78, 5) is 0. The predicted octanol–water partition coefficient (Wildman–Crippen LogP) is 1.89. The molecule has 0 aliphatic carbocycles. The molecule has 1 atom stereocenters. The number of nitrogens with one attached hydrogen (secondary N) is 2. The van der Waals surface area contributed by atoms with Gasteiger partial charge < -0.3 is 5.32 Å². The minimum Gasteiger partial charge on any atom is -0.312 e. The first-order valence-electron chi connectivity index (χ1n) is 4.85. The van der Waals surface area contributed by atoms with Crippen molar-refractivity contribution in [2.45, 2.75) is 33.2 Å². The minimum absolute atomic E-state index is 0.331. The van der Waals surface area contributed by atoms with E-state index >= 15 is 0 Å². The fourth-order valence-corrected chi connectivity index (χ4v) is 1.29. The molecule has 0 saturated heterocycles. The molecule has 2 N–H and O–H groups in total. The highest BCUT2D eigenvalue weighted by Crippen LogP contribution is 2.12. The highest BCUT2D eigenvalue weighted by atomic mass is 15.1. The minimum atomic E-state index is 0.331. The molecule has 1 aromatic heterocycles. The third-order valence-corrected chi connectivity index (χ3v) is 2.16. The van der Waals surface area contributed by atoms with E-state index in [9.17, 15) is 0 Å². The summed E-state index contributed by atoms with van der Waals surface area (Å²) in [5.41, 5.74) is 2.32. The number of rotatable bonds is 4. The third kappa shape index (κ3) is 2.84. The van der Waals surface area contributed by atoms with Crippen LogP contribution < -0.4 is 5.32 Å². The molecule has 3 heteroatoms. The van der Waals surface area contributed by atoms with Crippen molar-refractivity contribution < 1.29 is 0 Å². The highest BCUT2D eigenvalue weighted by Gasteiger charge is 2.07. The molecule has 0 aromatic carbocycles. The SMILES string of the molecule is CNC(C)c1cc(CC(C)C)[nH]n1. The number of hydrogen-bond donors (Lipinski definition) is 2. The van der Waals surface area contributed by atoms with Gasteiger partial charge in [0.15, 0.2) is 0 Å². The second-order valence-corrected chi connectivity index (χ2v) is 3.93. The Morgan fingerprint density at radius 2 is 2.15 bits per heavy atom. The van der Waals surface area contributed by atoms with Gasteiger partial charge in [0.1, 0.15) is 0 Å². The number of aromatic nitrogens is 2. The summed E-state index contributed by atoms with van der Waals surface area (Å²) in [6, 6.07) is 2.47. The van der Waals surface area contributed by atoms with E-state index in [2.05, 4.69) is 42.4 Å². The lowest BCUT2D eigenvalue weighted by Crippen LogP contribution is -2.12. The van der Waals surface area contributed by atoms with E-state index in [1.807, 2.05) is 7.05 Å². The fraction of sp³-hybridized carbons (Fsp3) is 0.700. The smallest absolute Gasteiger partial charge is 0.0791 e. The normalized spacial score (nSPS) is 13.6. The van der Waals surface area contributed by atoms with E-state index in [1.54, 1.807) is 0 Å². The summed E-state index contributed by atoms with van der Waals surface area (Å²) in [6.45, 7) is 6.53. The zero-order chi connectivity index (χ0) is 9.84. The van der Waals surface area contributed by atoms with Gasteiger partial charge in [0.05, 0.1) is 5.69 Å². The third-order valence-electron chi connectivity index (χ3n) is 2.16. The van der Waals surface area contributed by atoms with E-state index in [0.717, 1.165) is 12.1 Å². The molecule has 0 saturated carbocycles. The molecule has 0 amide bonds. The number of H-pyrrole nitrogens is 1. The lowest BCUT2D eigenvalue weighted by molar-refractivity contribution is 0.628. The molecular formula is C10H19N3. The fourth-order valence-electron chi connectivity index (χ4n) is 1.29. The maximum Gasteiger partial charge on any atom is 0.0791 e. The Balaban J connectivity index is 2.63. The van der Waals surface area contributed by atoms with Crippen molar-refractivity contribution in [3.05, 3.63) is 17.5 Å². The van der Waals surface area contributed by atoms with Gasteiger partial charge in [-0.25, -0.2) is 0 Å². The van der Waals surface area contributed by atoms with Gasteiger partial charge in [0, 0.05) is 11.7 Å². The van der Waals surface area contributed by atoms with Crippen molar-refractivity contribution >= 4 is 0 Å². The van der Waals surface area contributed by atoms with Crippen molar-refractivity contribution in [3.8, 4) is 0 Å². The van der Waals surface area contributed by atoms with Gasteiger partial charge in [-0.3, -0.25) is 5.10 Å². The van der Waals surface area contributed by atoms with Gasteiger partial charge in [0.25, 0.3) is 0 Å². The maximum absolute atomic E-state index is 4.25. The Bertz CT molecular complexity index is 252. The molecule has 1 unspecified atom stereocenters. The second-order valence-electron chi connectivity index (χ2n) is 3.93. The molecule has 0 radical (unpaired) electrons. The predicted molar refractivity (Wildman–Crippen MR) is 54.6 cm³/mol. The quantitative estimate of drug-likeness (QED) is 0.744. The van der Waals surface area contributed by atoms with Gasteiger partial charge in [-0.1, -0.05) is 13.8 Å². The molecule has 0 aliphatic heterocycles. The Hall–Kier alpha value is -0.830.